The number of hydrogen-bond acceptors (Lipinski definition) is 5. The minimum absolute atomic E-state index is 0.252. The highest BCUT2D eigenvalue weighted by molar-refractivity contribution is 7.22. The van der Waals surface area contributed by atoms with E-state index < -0.39 is 5.82 Å². The van der Waals surface area contributed by atoms with Crippen molar-refractivity contribution in [2.24, 2.45) is 0 Å². The fourth-order valence-corrected chi connectivity index (χ4v) is 3.81. The summed E-state index contributed by atoms with van der Waals surface area (Å²) >= 11 is 1.22. The van der Waals surface area contributed by atoms with Gasteiger partial charge in [-0.15, -0.1) is 0 Å². The van der Waals surface area contributed by atoms with Crippen LogP contribution in [0.3, 0.4) is 0 Å². The van der Waals surface area contributed by atoms with E-state index in [1.807, 2.05) is 36.4 Å². The van der Waals surface area contributed by atoms with Gasteiger partial charge in [0.05, 0.1) is 11.8 Å². The van der Waals surface area contributed by atoms with Crippen LogP contribution in [0, 0.1) is 5.82 Å². The van der Waals surface area contributed by atoms with E-state index in [2.05, 4.69) is 10.3 Å². The summed E-state index contributed by atoms with van der Waals surface area (Å²) in [5.74, 6) is 0.416. The van der Waals surface area contributed by atoms with E-state index in [-0.39, 0.29) is 11.4 Å². The molecule has 1 amide bonds. The fraction of sp³-hybridized carbons (Fsp3) is 0.0833. The second-order valence-electron chi connectivity index (χ2n) is 6.61. The van der Waals surface area contributed by atoms with Crippen LogP contribution in [-0.2, 0) is 11.4 Å². The summed E-state index contributed by atoms with van der Waals surface area (Å²) in [4.78, 5) is 16.4. The third-order valence-electron chi connectivity index (χ3n) is 4.45. The van der Waals surface area contributed by atoms with Gasteiger partial charge in [-0.25, -0.2) is 9.37 Å². The molecule has 0 aliphatic heterocycles. The quantitative estimate of drug-likeness (QED) is 0.381. The van der Waals surface area contributed by atoms with Crippen molar-refractivity contribution >= 4 is 38.7 Å². The first-order valence-electron chi connectivity index (χ1n) is 9.51. The summed E-state index contributed by atoms with van der Waals surface area (Å²) < 4.78 is 25.7. The highest BCUT2D eigenvalue weighted by Crippen LogP contribution is 2.30. The number of carbonyl (C=O) groups is 1. The van der Waals surface area contributed by atoms with Crippen LogP contribution in [-0.4, -0.2) is 18.0 Å². The van der Waals surface area contributed by atoms with Crippen LogP contribution in [0.15, 0.2) is 72.8 Å². The van der Waals surface area contributed by atoms with E-state index in [0.717, 1.165) is 11.1 Å². The van der Waals surface area contributed by atoms with Gasteiger partial charge in [-0.05, 0) is 41.5 Å². The van der Waals surface area contributed by atoms with Crippen LogP contribution in [0.4, 0.5) is 9.52 Å². The molecule has 0 atom stereocenters. The number of anilines is 1. The molecule has 4 rings (SSSR count). The Morgan fingerprint density at radius 2 is 1.94 bits per heavy atom. The first-order chi connectivity index (χ1) is 15.1. The molecule has 0 unspecified atom stereocenters. The van der Waals surface area contributed by atoms with Crippen LogP contribution in [0.2, 0.25) is 0 Å². The van der Waals surface area contributed by atoms with Crippen molar-refractivity contribution in [3.05, 3.63) is 89.8 Å². The SMILES string of the molecule is COc1cc(/C=C/C(=O)Nc2nc3c(F)cccc3s2)ccc1OCc1ccccc1. The number of hydrogen-bond donors (Lipinski definition) is 1. The third-order valence-corrected chi connectivity index (χ3v) is 5.39. The lowest BCUT2D eigenvalue weighted by atomic mass is 10.2. The number of methoxy groups -OCH3 is 1. The minimum atomic E-state index is -0.411. The number of fused-ring (bicyclic) bond motifs is 1. The Balaban J connectivity index is 1.41. The molecule has 4 aromatic rings. The molecule has 0 saturated heterocycles. The molecule has 0 aliphatic rings. The van der Waals surface area contributed by atoms with Gasteiger partial charge in [0.25, 0.3) is 0 Å². The maximum atomic E-state index is 13.8. The Hall–Kier alpha value is -3.71. The molecular formula is C24H19FN2O3S. The summed E-state index contributed by atoms with van der Waals surface area (Å²) in [6.45, 7) is 0.428. The van der Waals surface area contributed by atoms with Crippen molar-refractivity contribution in [1.82, 2.24) is 4.98 Å². The van der Waals surface area contributed by atoms with E-state index in [1.54, 1.807) is 37.5 Å². The van der Waals surface area contributed by atoms with Crippen LogP contribution < -0.4 is 14.8 Å². The second-order valence-corrected chi connectivity index (χ2v) is 7.64. The Bertz CT molecular complexity index is 1240. The third kappa shape index (κ3) is 5.07. The van der Waals surface area contributed by atoms with Gasteiger partial charge >= 0.3 is 0 Å². The zero-order valence-corrected chi connectivity index (χ0v) is 17.5. The van der Waals surface area contributed by atoms with Crippen LogP contribution in [0.25, 0.3) is 16.3 Å². The molecule has 0 saturated carbocycles. The lowest BCUT2D eigenvalue weighted by Crippen LogP contribution is -2.07. The maximum absolute atomic E-state index is 13.8. The number of rotatable bonds is 7. The van der Waals surface area contributed by atoms with Gasteiger partial charge in [-0.2, -0.15) is 0 Å². The first-order valence-corrected chi connectivity index (χ1v) is 10.3. The number of amides is 1. The van der Waals surface area contributed by atoms with E-state index >= 15 is 0 Å². The van der Waals surface area contributed by atoms with E-state index in [9.17, 15) is 9.18 Å². The standard InChI is InChI=1S/C24H19FN2O3S/c1-29-20-14-16(10-12-19(20)30-15-17-6-3-2-4-7-17)11-13-22(28)26-24-27-23-18(25)8-5-9-21(23)31-24/h2-14H,15H2,1H3,(H,26,27,28)/b13-11+. The maximum Gasteiger partial charge on any atom is 0.250 e. The molecular weight excluding hydrogens is 415 g/mol. The summed E-state index contributed by atoms with van der Waals surface area (Å²) in [7, 11) is 1.57. The van der Waals surface area contributed by atoms with Crippen LogP contribution >= 0.6 is 11.3 Å². The highest BCUT2D eigenvalue weighted by Gasteiger charge is 2.10. The summed E-state index contributed by atoms with van der Waals surface area (Å²) in [6, 6.07) is 20.0. The molecule has 1 aromatic heterocycles. The van der Waals surface area contributed by atoms with Crippen LogP contribution in [0.1, 0.15) is 11.1 Å². The van der Waals surface area contributed by atoms with Gasteiger partial charge < -0.3 is 9.47 Å². The monoisotopic (exact) mass is 434 g/mol. The average molecular weight is 434 g/mol. The summed E-state index contributed by atoms with van der Waals surface area (Å²) in [5.41, 5.74) is 2.08. The lowest BCUT2D eigenvalue weighted by Gasteiger charge is -2.11. The first kappa shape index (κ1) is 20.6. The van der Waals surface area contributed by atoms with E-state index in [4.69, 9.17) is 9.47 Å². The smallest absolute Gasteiger partial charge is 0.250 e. The second kappa shape index (κ2) is 9.40. The topological polar surface area (TPSA) is 60.5 Å². The molecule has 31 heavy (non-hydrogen) atoms. The molecule has 156 valence electrons. The number of para-hydroxylation sites is 1. The van der Waals surface area contributed by atoms with Crippen molar-refractivity contribution in [1.29, 1.82) is 0 Å². The van der Waals surface area contributed by atoms with Crippen molar-refractivity contribution in [3.63, 3.8) is 0 Å². The van der Waals surface area contributed by atoms with Crippen molar-refractivity contribution in [2.75, 3.05) is 12.4 Å². The van der Waals surface area contributed by atoms with Gasteiger partial charge in [0, 0.05) is 6.08 Å². The molecule has 1 N–H and O–H groups in total. The van der Waals surface area contributed by atoms with Crippen LogP contribution in [0.5, 0.6) is 11.5 Å². The van der Waals surface area contributed by atoms with Crippen molar-refractivity contribution in [2.45, 2.75) is 6.61 Å². The zero-order valence-electron chi connectivity index (χ0n) is 16.7. The number of thiazole rings is 1. The molecule has 1 heterocycles. The minimum Gasteiger partial charge on any atom is -0.493 e. The summed E-state index contributed by atoms with van der Waals surface area (Å²) in [6.07, 6.45) is 3.05. The highest BCUT2D eigenvalue weighted by atomic mass is 32.1. The number of carbonyl (C=O) groups excluding carboxylic acids is 1. The molecule has 0 bridgehead atoms. The van der Waals surface area contributed by atoms with Crippen molar-refractivity contribution in [3.8, 4) is 11.5 Å². The fourth-order valence-electron chi connectivity index (χ4n) is 2.93. The van der Waals surface area contributed by atoms with Gasteiger partial charge in [-0.1, -0.05) is 53.8 Å². The number of nitrogens with zero attached hydrogens (tertiary/aromatic N) is 1. The zero-order chi connectivity index (χ0) is 21.6. The predicted molar refractivity (Wildman–Crippen MR) is 121 cm³/mol. The molecule has 5 nitrogen and oxygen atoms in total. The molecule has 0 radical (unpaired) electrons. The number of nitrogens with one attached hydrogen (secondary N) is 1. The molecule has 0 aliphatic carbocycles. The van der Waals surface area contributed by atoms with E-state index in [0.29, 0.717) is 27.9 Å². The normalized spacial score (nSPS) is 11.0. The molecule has 0 spiro atoms. The Labute approximate surface area is 182 Å². The molecule has 7 heteroatoms. The Morgan fingerprint density at radius 1 is 1.10 bits per heavy atom. The largest absolute Gasteiger partial charge is 0.493 e. The average Bonchev–Trinajstić information content (AvgIpc) is 3.21. The predicted octanol–water partition coefficient (Wildman–Crippen LogP) is 5.67. The Kier molecular flexibility index (Phi) is 6.24. The van der Waals surface area contributed by atoms with E-state index in [1.165, 1.54) is 23.5 Å². The lowest BCUT2D eigenvalue weighted by molar-refractivity contribution is -0.111. The van der Waals surface area contributed by atoms with Gasteiger partial charge in [0.2, 0.25) is 5.91 Å². The van der Waals surface area contributed by atoms with Crippen molar-refractivity contribution < 1.29 is 18.7 Å². The van der Waals surface area contributed by atoms with Gasteiger partial charge in [0.1, 0.15) is 17.9 Å². The molecule has 0 fully saturated rings. The molecule has 3 aromatic carbocycles. The number of ether oxygens (including phenoxy) is 2. The summed E-state index contributed by atoms with van der Waals surface area (Å²) in [5, 5.41) is 3.01. The number of benzene rings is 3. The number of aromatic nitrogens is 1. The number of halogens is 1. The van der Waals surface area contributed by atoms with Gasteiger partial charge in [0.15, 0.2) is 16.6 Å². The Morgan fingerprint density at radius 3 is 2.71 bits per heavy atom. The van der Waals surface area contributed by atoms with Gasteiger partial charge in [-0.3, -0.25) is 10.1 Å².